The summed E-state index contributed by atoms with van der Waals surface area (Å²) < 4.78 is 0. The van der Waals surface area contributed by atoms with E-state index in [4.69, 9.17) is 0 Å². The Balaban J connectivity index is 2.18. The second-order valence-corrected chi connectivity index (χ2v) is 4.83. The lowest BCUT2D eigenvalue weighted by atomic mass is 9.34. The third kappa shape index (κ3) is 2.43. The molecule has 1 heterocycles. The van der Waals surface area contributed by atoms with Crippen molar-refractivity contribution >= 4 is 12.2 Å². The molecule has 1 aliphatic heterocycles. The van der Waals surface area contributed by atoms with Gasteiger partial charge in [0.05, 0.1) is 0 Å². The van der Waals surface area contributed by atoms with E-state index in [0.717, 1.165) is 12.7 Å². The highest BCUT2D eigenvalue weighted by atomic mass is 15.1. The summed E-state index contributed by atoms with van der Waals surface area (Å²) in [6.45, 7) is 0.745. The zero-order valence-corrected chi connectivity index (χ0v) is 9.82. The Labute approximate surface area is 93.6 Å². The highest BCUT2D eigenvalue weighted by molar-refractivity contribution is 6.74. The molecular formula is C13H20BN. The maximum absolute atomic E-state index is 2.40. The molecule has 2 rings (SSSR count). The Kier molecular flexibility index (Phi) is 3.47. The maximum atomic E-state index is 2.40. The summed E-state index contributed by atoms with van der Waals surface area (Å²) in [7, 11) is 4.43. The van der Waals surface area contributed by atoms with Crippen molar-refractivity contribution in [2.75, 3.05) is 14.1 Å². The van der Waals surface area contributed by atoms with Gasteiger partial charge in [-0.25, -0.2) is 0 Å². The first kappa shape index (κ1) is 10.8. The number of rotatable bonds is 2. The fraction of sp³-hybridized carbons (Fsp3) is 0.538. The summed E-state index contributed by atoms with van der Waals surface area (Å²) >= 11 is 0. The fourth-order valence-corrected chi connectivity index (χ4v) is 2.82. The summed E-state index contributed by atoms with van der Waals surface area (Å²) in [6, 6.07) is 11.0. The van der Waals surface area contributed by atoms with Crippen LogP contribution < -0.4 is 5.46 Å². The highest BCUT2D eigenvalue weighted by Gasteiger charge is 2.30. The van der Waals surface area contributed by atoms with Crippen LogP contribution in [0, 0.1) is 0 Å². The molecule has 1 aromatic rings. The predicted octanol–water partition coefficient (Wildman–Crippen LogP) is 2.04. The monoisotopic (exact) mass is 201 g/mol. The largest absolute Gasteiger partial charge is 0.313 e. The predicted molar refractivity (Wildman–Crippen MR) is 68.0 cm³/mol. The zero-order valence-electron chi connectivity index (χ0n) is 9.82. The summed E-state index contributed by atoms with van der Waals surface area (Å²) in [6.07, 6.45) is 5.50. The van der Waals surface area contributed by atoms with Gasteiger partial charge in [0, 0.05) is 0 Å². The quantitative estimate of drug-likeness (QED) is 0.662. The summed E-state index contributed by atoms with van der Waals surface area (Å²) in [5, 5.41) is 0. The second-order valence-electron chi connectivity index (χ2n) is 4.83. The van der Waals surface area contributed by atoms with E-state index in [1.54, 1.807) is 0 Å². The van der Waals surface area contributed by atoms with Gasteiger partial charge in [0.25, 0.3) is 0 Å². The van der Waals surface area contributed by atoms with Gasteiger partial charge in [0.2, 0.25) is 0 Å². The zero-order chi connectivity index (χ0) is 10.7. The second kappa shape index (κ2) is 4.85. The molecule has 0 aromatic heterocycles. The van der Waals surface area contributed by atoms with Crippen molar-refractivity contribution in [1.82, 2.24) is 4.90 Å². The van der Waals surface area contributed by atoms with Gasteiger partial charge in [0.1, 0.15) is 0 Å². The molecule has 0 bridgehead atoms. The van der Waals surface area contributed by atoms with E-state index in [-0.39, 0.29) is 0 Å². The lowest BCUT2D eigenvalue weighted by molar-refractivity contribution is 0.337. The molecule has 0 N–H and O–H groups in total. The van der Waals surface area contributed by atoms with E-state index in [1.807, 2.05) is 0 Å². The molecule has 1 fully saturated rings. The summed E-state index contributed by atoms with van der Waals surface area (Å²) in [5.74, 6) is 0.737. The van der Waals surface area contributed by atoms with Crippen LogP contribution in [0.25, 0.3) is 0 Å². The molecule has 1 unspecified atom stereocenters. The lowest BCUT2D eigenvalue weighted by Crippen LogP contribution is -2.51. The smallest absolute Gasteiger partial charge is 0.194 e. The molecule has 1 nitrogen and oxygen atoms in total. The highest BCUT2D eigenvalue weighted by Crippen LogP contribution is 2.21. The van der Waals surface area contributed by atoms with E-state index >= 15 is 0 Å². The van der Waals surface area contributed by atoms with E-state index in [9.17, 15) is 0 Å². The standard InChI is InChI=1S/C13H20BN/c1-15(2)13-10-6-7-11-14(13)12-8-4-3-5-9-12/h3-5,8-9,13H,6-7,10-11H2,1-2H3. The molecule has 0 spiro atoms. The first-order valence-electron chi connectivity index (χ1n) is 6.00. The van der Waals surface area contributed by atoms with Crippen LogP contribution in [0.5, 0.6) is 0 Å². The minimum absolute atomic E-state index is 0.737. The third-order valence-electron chi connectivity index (χ3n) is 3.62. The molecule has 0 radical (unpaired) electrons. The van der Waals surface area contributed by atoms with Crippen molar-refractivity contribution in [3.63, 3.8) is 0 Å². The van der Waals surface area contributed by atoms with E-state index in [0.29, 0.717) is 0 Å². The van der Waals surface area contributed by atoms with Crippen LogP contribution in [-0.4, -0.2) is 31.6 Å². The average Bonchev–Trinajstić information content (AvgIpc) is 2.30. The summed E-state index contributed by atoms with van der Waals surface area (Å²) in [5.41, 5.74) is 1.52. The number of hydrogen-bond acceptors (Lipinski definition) is 1. The van der Waals surface area contributed by atoms with Gasteiger partial charge in [-0.05, 0) is 26.5 Å². The lowest BCUT2D eigenvalue weighted by Gasteiger charge is -2.34. The normalized spacial score (nSPS) is 22.1. The molecule has 1 aliphatic rings. The minimum atomic E-state index is 0.737. The van der Waals surface area contributed by atoms with Crippen LogP contribution in [-0.2, 0) is 0 Å². The molecule has 80 valence electrons. The van der Waals surface area contributed by atoms with Gasteiger partial charge in [0.15, 0.2) is 6.71 Å². The molecule has 0 aliphatic carbocycles. The van der Waals surface area contributed by atoms with Crippen LogP contribution in [0.4, 0.5) is 0 Å². The van der Waals surface area contributed by atoms with Crippen molar-refractivity contribution in [1.29, 1.82) is 0 Å². The Morgan fingerprint density at radius 1 is 1.13 bits per heavy atom. The van der Waals surface area contributed by atoms with E-state index < -0.39 is 0 Å². The molecular weight excluding hydrogens is 181 g/mol. The molecule has 0 saturated carbocycles. The Morgan fingerprint density at radius 3 is 2.53 bits per heavy atom. The number of benzene rings is 1. The number of hydrogen-bond donors (Lipinski definition) is 0. The first-order valence-corrected chi connectivity index (χ1v) is 6.00. The van der Waals surface area contributed by atoms with Crippen LogP contribution in [0.3, 0.4) is 0 Å². The Hall–Kier alpha value is -0.755. The van der Waals surface area contributed by atoms with Crippen LogP contribution >= 0.6 is 0 Å². The third-order valence-corrected chi connectivity index (χ3v) is 3.62. The van der Waals surface area contributed by atoms with Crippen molar-refractivity contribution in [3.8, 4) is 0 Å². The fourth-order valence-electron chi connectivity index (χ4n) is 2.82. The molecule has 1 aromatic carbocycles. The molecule has 15 heavy (non-hydrogen) atoms. The SMILES string of the molecule is CN(C)C1CCCCB1c1ccccc1. The van der Waals surface area contributed by atoms with Crippen molar-refractivity contribution < 1.29 is 0 Å². The molecule has 2 heteroatoms. The van der Waals surface area contributed by atoms with Gasteiger partial charge >= 0.3 is 0 Å². The van der Waals surface area contributed by atoms with Gasteiger partial charge in [-0.2, -0.15) is 0 Å². The van der Waals surface area contributed by atoms with Gasteiger partial charge in [-0.1, -0.05) is 55.0 Å². The summed E-state index contributed by atoms with van der Waals surface area (Å²) in [4.78, 5) is 2.40. The average molecular weight is 201 g/mol. The van der Waals surface area contributed by atoms with Gasteiger partial charge in [-0.15, -0.1) is 0 Å². The molecule has 1 saturated heterocycles. The topological polar surface area (TPSA) is 3.24 Å². The van der Waals surface area contributed by atoms with Gasteiger partial charge < -0.3 is 4.90 Å². The van der Waals surface area contributed by atoms with E-state index in [1.165, 1.54) is 31.0 Å². The maximum Gasteiger partial charge on any atom is 0.194 e. The number of nitrogens with zero attached hydrogens (tertiary/aromatic N) is 1. The Bertz CT molecular complexity index is 297. The van der Waals surface area contributed by atoms with E-state index in [2.05, 4.69) is 49.3 Å². The molecule has 1 atom stereocenters. The van der Waals surface area contributed by atoms with Crippen molar-refractivity contribution in [2.45, 2.75) is 31.5 Å². The van der Waals surface area contributed by atoms with Gasteiger partial charge in [-0.3, -0.25) is 0 Å². The minimum Gasteiger partial charge on any atom is -0.313 e. The Morgan fingerprint density at radius 2 is 1.87 bits per heavy atom. The van der Waals surface area contributed by atoms with Crippen LogP contribution in [0.15, 0.2) is 30.3 Å². The van der Waals surface area contributed by atoms with Crippen LogP contribution in [0.1, 0.15) is 19.3 Å². The van der Waals surface area contributed by atoms with Crippen molar-refractivity contribution in [2.24, 2.45) is 0 Å². The van der Waals surface area contributed by atoms with Crippen molar-refractivity contribution in [3.05, 3.63) is 30.3 Å². The molecule has 0 amide bonds. The van der Waals surface area contributed by atoms with Crippen LogP contribution in [0.2, 0.25) is 6.32 Å². The first-order chi connectivity index (χ1) is 7.29.